The van der Waals surface area contributed by atoms with Crippen molar-refractivity contribution >= 4 is 26.7 Å². The van der Waals surface area contributed by atoms with Gasteiger partial charge in [0.05, 0.1) is 35.1 Å². The average Bonchev–Trinajstić information content (AvgIpc) is 2.80. The van der Waals surface area contributed by atoms with E-state index in [1.165, 1.54) is 28.6 Å². The van der Waals surface area contributed by atoms with Crippen LogP contribution in [0.3, 0.4) is 0 Å². The van der Waals surface area contributed by atoms with Gasteiger partial charge in [-0.1, -0.05) is 24.3 Å². The van der Waals surface area contributed by atoms with Crippen molar-refractivity contribution < 1.29 is 17.9 Å². The molecule has 1 aliphatic heterocycles. The standard InChI is InChI=1S/C21H18N4O5S/c22-13-17(20-23-18-4-2-1-3-16(18)21(27)24-20)19(26)14-5-7-15(8-6-14)31(28,29)25-9-11-30-12-10-25/h1-8,17H,9-12H2,(H,23,24,27). The highest BCUT2D eigenvalue weighted by atomic mass is 32.2. The molecule has 1 saturated heterocycles. The molecule has 1 aliphatic rings. The zero-order valence-corrected chi connectivity index (χ0v) is 17.1. The third-order valence-electron chi connectivity index (χ3n) is 5.04. The number of H-pyrrole nitrogens is 1. The van der Waals surface area contributed by atoms with Crippen molar-refractivity contribution in [2.24, 2.45) is 0 Å². The highest BCUT2D eigenvalue weighted by molar-refractivity contribution is 7.89. The first-order valence-corrected chi connectivity index (χ1v) is 11.0. The highest BCUT2D eigenvalue weighted by Gasteiger charge is 2.28. The summed E-state index contributed by atoms with van der Waals surface area (Å²) in [7, 11) is -3.70. The highest BCUT2D eigenvalue weighted by Crippen LogP contribution is 2.22. The van der Waals surface area contributed by atoms with E-state index in [9.17, 15) is 23.3 Å². The number of sulfonamides is 1. The van der Waals surface area contributed by atoms with E-state index in [1.54, 1.807) is 24.3 Å². The molecule has 0 saturated carbocycles. The second-order valence-electron chi connectivity index (χ2n) is 6.94. The number of morpholine rings is 1. The molecule has 1 fully saturated rings. The summed E-state index contributed by atoms with van der Waals surface area (Å²) in [5, 5.41) is 9.94. The lowest BCUT2D eigenvalue weighted by molar-refractivity contribution is 0.0730. The van der Waals surface area contributed by atoms with Gasteiger partial charge in [0.25, 0.3) is 5.56 Å². The Labute approximate surface area is 178 Å². The molecule has 0 radical (unpaired) electrons. The molecule has 0 aliphatic carbocycles. The number of rotatable bonds is 5. The molecule has 1 N–H and O–H groups in total. The molecule has 1 aromatic heterocycles. The normalized spacial score (nSPS) is 16.0. The van der Waals surface area contributed by atoms with Gasteiger partial charge in [-0.05, 0) is 24.3 Å². The average molecular weight is 438 g/mol. The lowest BCUT2D eigenvalue weighted by Crippen LogP contribution is -2.40. The number of hydrogen-bond acceptors (Lipinski definition) is 7. The Bertz CT molecular complexity index is 1340. The maximum atomic E-state index is 12.9. The van der Waals surface area contributed by atoms with Crippen LogP contribution < -0.4 is 5.56 Å². The zero-order valence-electron chi connectivity index (χ0n) is 16.3. The topological polar surface area (TPSA) is 133 Å². The van der Waals surface area contributed by atoms with Gasteiger partial charge >= 0.3 is 0 Å². The van der Waals surface area contributed by atoms with E-state index in [2.05, 4.69) is 9.97 Å². The van der Waals surface area contributed by atoms with Crippen molar-refractivity contribution in [3.05, 3.63) is 70.3 Å². The van der Waals surface area contributed by atoms with E-state index in [0.29, 0.717) is 24.1 Å². The van der Waals surface area contributed by atoms with E-state index in [4.69, 9.17) is 4.74 Å². The number of ketones is 1. The van der Waals surface area contributed by atoms with E-state index in [1.807, 2.05) is 6.07 Å². The summed E-state index contributed by atoms with van der Waals surface area (Å²) >= 11 is 0. The van der Waals surface area contributed by atoms with Crippen molar-refractivity contribution in [3.8, 4) is 6.07 Å². The van der Waals surface area contributed by atoms with Gasteiger partial charge in [-0.25, -0.2) is 13.4 Å². The summed E-state index contributed by atoms with van der Waals surface area (Å²) in [6.45, 7) is 1.19. The summed E-state index contributed by atoms with van der Waals surface area (Å²) in [4.78, 5) is 32.0. The lowest BCUT2D eigenvalue weighted by atomic mass is 9.98. The van der Waals surface area contributed by atoms with Crippen LogP contribution in [0.5, 0.6) is 0 Å². The van der Waals surface area contributed by atoms with E-state index >= 15 is 0 Å². The number of carbonyl (C=O) groups excluding carboxylic acids is 1. The van der Waals surface area contributed by atoms with Gasteiger partial charge in [-0.15, -0.1) is 0 Å². The maximum Gasteiger partial charge on any atom is 0.258 e. The number of benzene rings is 2. The SMILES string of the molecule is N#CC(C(=O)c1ccc(S(=O)(=O)N2CCOCC2)cc1)c1nc2ccccc2c(=O)[nH]1. The largest absolute Gasteiger partial charge is 0.379 e. The minimum absolute atomic E-state index is 0.0525. The van der Waals surface area contributed by atoms with Crippen molar-refractivity contribution in [2.45, 2.75) is 10.8 Å². The fourth-order valence-electron chi connectivity index (χ4n) is 3.38. The smallest absolute Gasteiger partial charge is 0.258 e. The van der Waals surface area contributed by atoms with Gasteiger partial charge < -0.3 is 9.72 Å². The van der Waals surface area contributed by atoms with Crippen molar-refractivity contribution in [2.75, 3.05) is 26.3 Å². The number of ether oxygens (including phenoxy) is 1. The molecule has 2 aromatic carbocycles. The Balaban J connectivity index is 1.63. The summed E-state index contributed by atoms with van der Waals surface area (Å²) in [5.41, 5.74) is 0.0742. The molecule has 0 bridgehead atoms. The second kappa shape index (κ2) is 8.39. The van der Waals surface area contributed by atoms with E-state index in [0.717, 1.165) is 0 Å². The van der Waals surface area contributed by atoms with Crippen molar-refractivity contribution in [1.82, 2.24) is 14.3 Å². The Hall–Kier alpha value is -3.39. The summed E-state index contributed by atoms with van der Waals surface area (Å²) in [6.07, 6.45) is 0. The molecule has 158 valence electrons. The number of carbonyl (C=O) groups is 1. The number of aromatic nitrogens is 2. The Morgan fingerprint density at radius 2 is 1.81 bits per heavy atom. The number of Topliss-reactive ketones (excluding diaryl/α,β-unsaturated/α-hetero) is 1. The molecule has 0 spiro atoms. The first kappa shape index (κ1) is 20.9. The van der Waals surface area contributed by atoms with Gasteiger partial charge in [0, 0.05) is 18.7 Å². The monoisotopic (exact) mass is 438 g/mol. The minimum atomic E-state index is -3.70. The summed E-state index contributed by atoms with van der Waals surface area (Å²) in [5.74, 6) is -1.98. The van der Waals surface area contributed by atoms with Crippen LogP contribution in [0.2, 0.25) is 0 Å². The van der Waals surface area contributed by atoms with Gasteiger partial charge in [-0.3, -0.25) is 9.59 Å². The lowest BCUT2D eigenvalue weighted by Gasteiger charge is -2.26. The van der Waals surface area contributed by atoms with Crippen LogP contribution in [0.25, 0.3) is 10.9 Å². The maximum absolute atomic E-state index is 12.9. The first-order valence-electron chi connectivity index (χ1n) is 9.52. The summed E-state index contributed by atoms with van der Waals surface area (Å²) < 4.78 is 32.0. The number of nitrogens with zero attached hydrogens (tertiary/aromatic N) is 3. The number of nitrogens with one attached hydrogen (secondary N) is 1. The molecule has 0 amide bonds. The molecule has 10 heteroatoms. The molecule has 2 heterocycles. The Morgan fingerprint density at radius 3 is 2.48 bits per heavy atom. The number of aromatic amines is 1. The molecular weight excluding hydrogens is 420 g/mol. The van der Waals surface area contributed by atoms with Crippen LogP contribution in [0.15, 0.2) is 58.2 Å². The van der Waals surface area contributed by atoms with Crippen molar-refractivity contribution in [1.29, 1.82) is 5.26 Å². The third-order valence-corrected chi connectivity index (χ3v) is 6.96. The van der Waals surface area contributed by atoms with E-state index < -0.39 is 27.3 Å². The molecule has 3 aromatic rings. The quantitative estimate of drug-likeness (QED) is 0.596. The van der Waals surface area contributed by atoms with Crippen LogP contribution in [-0.4, -0.2) is 54.8 Å². The predicted molar refractivity (Wildman–Crippen MR) is 111 cm³/mol. The molecule has 9 nitrogen and oxygen atoms in total. The van der Waals surface area contributed by atoms with Crippen LogP contribution in [-0.2, 0) is 14.8 Å². The molecule has 1 unspecified atom stereocenters. The molecule has 31 heavy (non-hydrogen) atoms. The van der Waals surface area contributed by atoms with Gasteiger partial charge in [-0.2, -0.15) is 9.57 Å². The zero-order chi connectivity index (χ0) is 22.0. The fourth-order valence-corrected chi connectivity index (χ4v) is 4.79. The number of para-hydroxylation sites is 1. The molecule has 1 atom stereocenters. The van der Waals surface area contributed by atoms with Crippen LogP contribution >= 0.6 is 0 Å². The van der Waals surface area contributed by atoms with Gasteiger partial charge in [0.2, 0.25) is 10.0 Å². The Kier molecular flexibility index (Phi) is 5.65. The Morgan fingerprint density at radius 1 is 1.13 bits per heavy atom. The summed E-state index contributed by atoms with van der Waals surface area (Å²) in [6, 6.07) is 13.9. The van der Waals surface area contributed by atoms with Crippen LogP contribution in [0.1, 0.15) is 22.1 Å². The van der Waals surface area contributed by atoms with Crippen LogP contribution in [0.4, 0.5) is 0 Å². The first-order chi connectivity index (χ1) is 14.9. The van der Waals surface area contributed by atoms with Crippen molar-refractivity contribution in [3.63, 3.8) is 0 Å². The number of hydrogen-bond donors (Lipinski definition) is 1. The second-order valence-corrected chi connectivity index (χ2v) is 8.87. The molecule has 4 rings (SSSR count). The third kappa shape index (κ3) is 3.98. The number of nitriles is 1. The predicted octanol–water partition coefficient (Wildman–Crippen LogP) is 1.43. The van der Waals surface area contributed by atoms with E-state index in [-0.39, 0.29) is 29.4 Å². The minimum Gasteiger partial charge on any atom is -0.379 e. The van der Waals surface area contributed by atoms with Gasteiger partial charge in [0.1, 0.15) is 5.82 Å². The van der Waals surface area contributed by atoms with Crippen LogP contribution in [0, 0.1) is 11.3 Å². The molecular formula is C21H18N4O5S. The van der Waals surface area contributed by atoms with Gasteiger partial charge in [0.15, 0.2) is 11.7 Å². The fraction of sp³-hybridized carbons (Fsp3) is 0.238. The number of fused-ring (bicyclic) bond motifs is 1.